The molecule has 2 N–H and O–H groups in total. The van der Waals surface area contributed by atoms with Gasteiger partial charge in [-0.15, -0.1) is 0 Å². The van der Waals surface area contributed by atoms with Crippen LogP contribution in [-0.4, -0.2) is 11.8 Å². The molecule has 0 aliphatic heterocycles. The van der Waals surface area contributed by atoms with Gasteiger partial charge in [0.25, 0.3) is 0 Å². The van der Waals surface area contributed by atoms with Gasteiger partial charge in [-0.2, -0.15) is 0 Å². The van der Waals surface area contributed by atoms with Crippen molar-refractivity contribution < 1.29 is 9.59 Å². The molecule has 0 heterocycles. The minimum absolute atomic E-state index is 0.199. The van der Waals surface area contributed by atoms with Gasteiger partial charge in [-0.25, -0.2) is 0 Å². The molecule has 0 unspecified atom stereocenters. The minimum atomic E-state index is -0.312. The van der Waals surface area contributed by atoms with Crippen molar-refractivity contribution in [2.45, 2.75) is 58.8 Å². The second-order valence-corrected chi connectivity index (χ2v) is 6.87. The van der Waals surface area contributed by atoms with Gasteiger partial charge in [0.15, 0.2) is 0 Å². The summed E-state index contributed by atoms with van der Waals surface area (Å²) < 4.78 is 0. The highest BCUT2D eigenvalue weighted by Gasteiger charge is 2.10. The molecule has 0 spiro atoms. The third-order valence-electron chi connectivity index (χ3n) is 4.43. The molecule has 4 heteroatoms. The molecule has 2 aromatic rings. The van der Waals surface area contributed by atoms with Crippen LogP contribution in [0.2, 0.25) is 0 Å². The second kappa shape index (κ2) is 11.2. The van der Waals surface area contributed by atoms with Crippen LogP contribution in [0.25, 0.3) is 0 Å². The number of unbranched alkanes of at least 4 members (excludes halogenated alkanes) is 2. The van der Waals surface area contributed by atoms with Gasteiger partial charge >= 0.3 is 0 Å². The third-order valence-corrected chi connectivity index (χ3v) is 4.43. The maximum Gasteiger partial charge on any atom is 0.233 e. The van der Waals surface area contributed by atoms with Gasteiger partial charge in [-0.1, -0.05) is 51.0 Å². The van der Waals surface area contributed by atoms with Crippen molar-refractivity contribution in [2.75, 3.05) is 10.6 Å². The Morgan fingerprint density at radius 2 is 1.04 bits per heavy atom. The number of anilines is 2. The fraction of sp³-hybridized carbons (Fsp3) is 0.391. The SMILES string of the molecule is CCCCc1ccc(NC(=O)CC(=O)Nc2ccc(CCCC)cc2)cc1. The van der Waals surface area contributed by atoms with E-state index in [0.717, 1.165) is 38.5 Å². The predicted octanol–water partition coefficient (Wildman–Crippen LogP) is 5.34. The Labute approximate surface area is 162 Å². The molecule has 27 heavy (non-hydrogen) atoms. The monoisotopic (exact) mass is 366 g/mol. The van der Waals surface area contributed by atoms with Crippen molar-refractivity contribution in [3.05, 3.63) is 59.7 Å². The zero-order valence-corrected chi connectivity index (χ0v) is 16.4. The number of hydrogen-bond acceptors (Lipinski definition) is 2. The Bertz CT molecular complexity index is 658. The largest absolute Gasteiger partial charge is 0.326 e. The molecule has 0 radical (unpaired) electrons. The standard InChI is InChI=1S/C23H30N2O2/c1-3-5-7-18-9-13-20(14-10-18)24-22(26)17-23(27)25-21-15-11-19(12-16-21)8-6-4-2/h9-16H,3-8,17H2,1-2H3,(H,24,26)(H,25,27). The molecule has 2 rings (SSSR count). The van der Waals surface area contributed by atoms with E-state index in [1.807, 2.05) is 48.5 Å². The number of carbonyl (C=O) groups excluding carboxylic acids is 2. The average molecular weight is 367 g/mol. The topological polar surface area (TPSA) is 58.2 Å². The lowest BCUT2D eigenvalue weighted by atomic mass is 10.1. The molecule has 0 bridgehead atoms. The van der Waals surface area contributed by atoms with Gasteiger partial charge in [-0.3, -0.25) is 9.59 Å². The molecule has 0 aliphatic carbocycles. The van der Waals surface area contributed by atoms with E-state index in [-0.39, 0.29) is 18.2 Å². The number of benzene rings is 2. The number of amides is 2. The van der Waals surface area contributed by atoms with Gasteiger partial charge in [0.2, 0.25) is 11.8 Å². The number of rotatable bonds is 10. The van der Waals surface area contributed by atoms with Gasteiger partial charge in [-0.05, 0) is 61.1 Å². The second-order valence-electron chi connectivity index (χ2n) is 6.87. The molecule has 144 valence electrons. The van der Waals surface area contributed by atoms with Crippen LogP contribution < -0.4 is 10.6 Å². The normalized spacial score (nSPS) is 10.4. The zero-order valence-electron chi connectivity index (χ0n) is 16.4. The van der Waals surface area contributed by atoms with Gasteiger partial charge in [0.05, 0.1) is 0 Å². The van der Waals surface area contributed by atoms with E-state index in [1.165, 1.54) is 11.1 Å². The molecular weight excluding hydrogens is 336 g/mol. The summed E-state index contributed by atoms with van der Waals surface area (Å²) in [6.45, 7) is 4.33. The van der Waals surface area contributed by atoms with Crippen LogP contribution in [0.1, 0.15) is 57.1 Å². The molecule has 2 amide bonds. The summed E-state index contributed by atoms with van der Waals surface area (Å²) >= 11 is 0. The Morgan fingerprint density at radius 1 is 0.667 bits per heavy atom. The molecule has 0 fully saturated rings. The lowest BCUT2D eigenvalue weighted by molar-refractivity contribution is -0.123. The van der Waals surface area contributed by atoms with Crippen LogP contribution in [-0.2, 0) is 22.4 Å². The van der Waals surface area contributed by atoms with Crippen molar-refractivity contribution in [1.29, 1.82) is 0 Å². The number of hydrogen-bond donors (Lipinski definition) is 2. The first-order valence-corrected chi connectivity index (χ1v) is 9.88. The lowest BCUT2D eigenvalue weighted by Gasteiger charge is -2.08. The highest BCUT2D eigenvalue weighted by atomic mass is 16.2. The minimum Gasteiger partial charge on any atom is -0.326 e. The van der Waals surface area contributed by atoms with E-state index in [4.69, 9.17) is 0 Å². The maximum atomic E-state index is 12.1. The Hall–Kier alpha value is -2.62. The molecule has 4 nitrogen and oxygen atoms in total. The van der Waals surface area contributed by atoms with Gasteiger partial charge < -0.3 is 10.6 Å². The summed E-state index contributed by atoms with van der Waals surface area (Å²) in [7, 11) is 0. The van der Waals surface area contributed by atoms with Crippen LogP contribution in [0.5, 0.6) is 0 Å². The van der Waals surface area contributed by atoms with Crippen LogP contribution in [0.4, 0.5) is 11.4 Å². The van der Waals surface area contributed by atoms with Crippen LogP contribution >= 0.6 is 0 Å². The summed E-state index contributed by atoms with van der Waals surface area (Å²) in [6.07, 6.45) is 6.53. The van der Waals surface area contributed by atoms with Crippen molar-refractivity contribution in [3.63, 3.8) is 0 Å². The van der Waals surface area contributed by atoms with Gasteiger partial charge in [0.1, 0.15) is 6.42 Å². The first-order chi connectivity index (χ1) is 13.1. The maximum absolute atomic E-state index is 12.1. The van der Waals surface area contributed by atoms with E-state index >= 15 is 0 Å². The van der Waals surface area contributed by atoms with Crippen molar-refractivity contribution in [3.8, 4) is 0 Å². The highest BCUT2D eigenvalue weighted by Crippen LogP contribution is 2.14. The third kappa shape index (κ3) is 7.65. The summed E-state index contributed by atoms with van der Waals surface area (Å²) in [4.78, 5) is 24.1. The van der Waals surface area contributed by atoms with E-state index in [2.05, 4.69) is 24.5 Å². The Kier molecular flexibility index (Phi) is 8.56. The van der Waals surface area contributed by atoms with Crippen molar-refractivity contribution in [2.24, 2.45) is 0 Å². The first-order valence-electron chi connectivity index (χ1n) is 9.88. The smallest absolute Gasteiger partial charge is 0.233 e. The zero-order chi connectivity index (χ0) is 19.5. The number of aryl methyl sites for hydroxylation is 2. The highest BCUT2D eigenvalue weighted by molar-refractivity contribution is 6.08. The lowest BCUT2D eigenvalue weighted by Crippen LogP contribution is -2.21. The van der Waals surface area contributed by atoms with Crippen LogP contribution in [0.15, 0.2) is 48.5 Å². The van der Waals surface area contributed by atoms with Crippen LogP contribution in [0.3, 0.4) is 0 Å². The van der Waals surface area contributed by atoms with E-state index in [1.54, 1.807) is 0 Å². The first kappa shape index (κ1) is 20.7. The predicted molar refractivity (Wildman–Crippen MR) is 112 cm³/mol. The Balaban J connectivity index is 1.78. The number of carbonyl (C=O) groups is 2. The van der Waals surface area contributed by atoms with Gasteiger partial charge in [0, 0.05) is 11.4 Å². The van der Waals surface area contributed by atoms with Crippen molar-refractivity contribution in [1.82, 2.24) is 0 Å². The molecule has 0 aromatic heterocycles. The fourth-order valence-electron chi connectivity index (χ4n) is 2.83. The molecule has 2 aromatic carbocycles. The average Bonchev–Trinajstić information content (AvgIpc) is 2.66. The molecule has 0 aliphatic rings. The number of nitrogens with one attached hydrogen (secondary N) is 2. The Morgan fingerprint density at radius 3 is 1.37 bits per heavy atom. The molecule has 0 saturated carbocycles. The summed E-state index contributed by atoms with van der Waals surface area (Å²) in [5.74, 6) is -0.623. The molecular formula is C23H30N2O2. The fourth-order valence-corrected chi connectivity index (χ4v) is 2.83. The molecule has 0 saturated heterocycles. The summed E-state index contributed by atoms with van der Waals surface area (Å²) in [6, 6.07) is 15.6. The summed E-state index contributed by atoms with van der Waals surface area (Å²) in [5.41, 5.74) is 3.95. The summed E-state index contributed by atoms with van der Waals surface area (Å²) in [5, 5.41) is 5.55. The van der Waals surface area contributed by atoms with E-state index in [0.29, 0.717) is 11.4 Å². The van der Waals surface area contributed by atoms with E-state index in [9.17, 15) is 9.59 Å². The van der Waals surface area contributed by atoms with Crippen LogP contribution in [0, 0.1) is 0 Å². The van der Waals surface area contributed by atoms with Crippen molar-refractivity contribution >= 4 is 23.2 Å². The molecule has 0 atom stereocenters. The van der Waals surface area contributed by atoms with E-state index < -0.39 is 0 Å². The quantitative estimate of drug-likeness (QED) is 0.558.